The Balaban J connectivity index is 1.71. The average Bonchev–Trinajstić information content (AvgIpc) is 3.20. The van der Waals surface area contributed by atoms with Gasteiger partial charge in [0.25, 0.3) is 5.91 Å². The van der Waals surface area contributed by atoms with Crippen LogP contribution in [0.2, 0.25) is 5.02 Å². The number of carbonyl (C=O) groups excluding carboxylic acids is 2. The van der Waals surface area contributed by atoms with E-state index in [4.69, 9.17) is 42.8 Å². The second-order valence-corrected chi connectivity index (χ2v) is 9.41. The quantitative estimate of drug-likeness (QED) is 0.175. The van der Waals surface area contributed by atoms with Crippen molar-refractivity contribution >= 4 is 52.6 Å². The fourth-order valence-corrected chi connectivity index (χ4v) is 4.75. The van der Waals surface area contributed by atoms with Gasteiger partial charge in [-0.25, -0.2) is 0 Å². The molecule has 0 N–H and O–H groups in total. The van der Waals surface area contributed by atoms with Gasteiger partial charge >= 0.3 is 5.97 Å². The SMILES string of the molecule is CCOc1cc(/C=C2/C(=O)N(c3ccc(OC)cc3)C(=S)N2CC(=O)OC)cc(Cl)c1OCc1ccccc1C#N. The molecule has 11 heteroatoms. The van der Waals surface area contributed by atoms with Gasteiger partial charge < -0.3 is 23.8 Å². The largest absolute Gasteiger partial charge is 0.497 e. The third-order valence-electron chi connectivity index (χ3n) is 6.13. The first-order chi connectivity index (χ1) is 19.8. The van der Waals surface area contributed by atoms with E-state index in [0.717, 1.165) is 0 Å². The number of amides is 1. The number of methoxy groups -OCH3 is 2. The number of halogens is 1. The molecule has 1 saturated heterocycles. The van der Waals surface area contributed by atoms with Crippen LogP contribution in [0.5, 0.6) is 17.2 Å². The number of thiocarbonyl (C=S) groups is 1. The van der Waals surface area contributed by atoms with Crippen LogP contribution in [0.3, 0.4) is 0 Å². The molecule has 3 aromatic rings. The fourth-order valence-electron chi connectivity index (χ4n) is 4.12. The van der Waals surface area contributed by atoms with Crippen molar-refractivity contribution in [1.29, 1.82) is 5.26 Å². The zero-order valence-corrected chi connectivity index (χ0v) is 24.1. The van der Waals surface area contributed by atoms with Crippen LogP contribution in [0.15, 0.2) is 66.4 Å². The minimum Gasteiger partial charge on any atom is -0.497 e. The summed E-state index contributed by atoms with van der Waals surface area (Å²) >= 11 is 12.3. The number of rotatable bonds is 10. The molecule has 0 radical (unpaired) electrons. The third kappa shape index (κ3) is 6.43. The molecule has 0 bridgehead atoms. The lowest BCUT2D eigenvalue weighted by Gasteiger charge is -2.19. The van der Waals surface area contributed by atoms with Gasteiger partial charge in [-0.1, -0.05) is 29.8 Å². The summed E-state index contributed by atoms with van der Waals surface area (Å²) in [6.45, 7) is 1.97. The van der Waals surface area contributed by atoms with Gasteiger partial charge in [-0.3, -0.25) is 14.5 Å². The molecule has 41 heavy (non-hydrogen) atoms. The Morgan fingerprint density at radius 3 is 2.49 bits per heavy atom. The molecule has 210 valence electrons. The van der Waals surface area contributed by atoms with Crippen LogP contribution in [0.1, 0.15) is 23.6 Å². The molecule has 0 aliphatic carbocycles. The maximum atomic E-state index is 13.7. The van der Waals surface area contributed by atoms with E-state index < -0.39 is 11.9 Å². The molecule has 4 rings (SSSR count). The van der Waals surface area contributed by atoms with E-state index >= 15 is 0 Å². The molecule has 1 amide bonds. The Morgan fingerprint density at radius 2 is 1.83 bits per heavy atom. The molecule has 0 atom stereocenters. The zero-order valence-electron chi connectivity index (χ0n) is 22.5. The van der Waals surface area contributed by atoms with Crippen LogP contribution in [-0.2, 0) is 20.9 Å². The standard InChI is InChI=1S/C30H26ClN3O6S/c1-4-39-26-15-19(13-24(31)28(26)40-18-21-8-6-5-7-20(21)16-32)14-25-29(36)34(22-9-11-23(37-2)12-10-22)30(41)33(25)17-27(35)38-3/h5-15H,4,17-18H2,1-3H3/b25-14-. The highest BCUT2D eigenvalue weighted by Crippen LogP contribution is 2.39. The summed E-state index contributed by atoms with van der Waals surface area (Å²) in [7, 11) is 2.80. The van der Waals surface area contributed by atoms with Gasteiger partial charge in [0, 0.05) is 5.56 Å². The predicted octanol–water partition coefficient (Wildman–Crippen LogP) is 5.35. The maximum absolute atomic E-state index is 13.7. The summed E-state index contributed by atoms with van der Waals surface area (Å²) in [5.41, 5.74) is 2.35. The Hall–Kier alpha value is -4.59. The molecule has 0 unspecified atom stereocenters. The van der Waals surface area contributed by atoms with Crippen LogP contribution in [-0.4, -0.2) is 49.3 Å². The van der Waals surface area contributed by atoms with Crippen molar-refractivity contribution in [2.75, 3.05) is 32.3 Å². The molecule has 9 nitrogen and oxygen atoms in total. The second-order valence-electron chi connectivity index (χ2n) is 8.63. The topological polar surface area (TPSA) is 101 Å². The summed E-state index contributed by atoms with van der Waals surface area (Å²) < 4.78 is 21.9. The third-order valence-corrected chi connectivity index (χ3v) is 6.81. The molecular formula is C30H26ClN3O6S. The molecule has 0 aromatic heterocycles. The molecule has 1 aliphatic heterocycles. The van der Waals surface area contributed by atoms with Gasteiger partial charge in [0.1, 0.15) is 24.6 Å². The Morgan fingerprint density at radius 1 is 1.10 bits per heavy atom. The van der Waals surface area contributed by atoms with Crippen LogP contribution < -0.4 is 19.1 Å². The van der Waals surface area contributed by atoms with Crippen LogP contribution in [0.25, 0.3) is 6.08 Å². The second kappa shape index (κ2) is 13.2. The monoisotopic (exact) mass is 591 g/mol. The minimum absolute atomic E-state index is 0.0977. The van der Waals surface area contributed by atoms with E-state index in [9.17, 15) is 14.9 Å². The molecule has 1 heterocycles. The van der Waals surface area contributed by atoms with E-state index in [1.165, 1.54) is 16.9 Å². The van der Waals surface area contributed by atoms with Crippen molar-refractivity contribution in [1.82, 2.24) is 4.90 Å². The van der Waals surface area contributed by atoms with Crippen LogP contribution in [0, 0.1) is 11.3 Å². The fraction of sp³-hybridized carbons (Fsp3) is 0.200. The van der Waals surface area contributed by atoms with Gasteiger partial charge in [0.05, 0.1) is 43.2 Å². The van der Waals surface area contributed by atoms with Crippen LogP contribution in [0.4, 0.5) is 5.69 Å². The lowest BCUT2D eigenvalue weighted by atomic mass is 10.1. The highest BCUT2D eigenvalue weighted by molar-refractivity contribution is 7.80. The Kier molecular flexibility index (Phi) is 9.45. The van der Waals surface area contributed by atoms with E-state index in [1.807, 2.05) is 13.0 Å². The number of benzene rings is 3. The van der Waals surface area contributed by atoms with Crippen molar-refractivity contribution in [3.05, 3.63) is 88.1 Å². The Bertz CT molecular complexity index is 1550. The van der Waals surface area contributed by atoms with Crippen molar-refractivity contribution in [2.24, 2.45) is 0 Å². The number of carbonyl (C=O) groups is 2. The predicted molar refractivity (Wildman–Crippen MR) is 158 cm³/mol. The number of hydrogen-bond donors (Lipinski definition) is 0. The summed E-state index contributed by atoms with van der Waals surface area (Å²) in [6, 6.07) is 19.3. The number of anilines is 1. The molecule has 1 aliphatic rings. The van der Waals surface area contributed by atoms with Gasteiger partial charge in [-0.05, 0) is 73.2 Å². The van der Waals surface area contributed by atoms with E-state index in [-0.39, 0.29) is 29.0 Å². The number of ether oxygens (including phenoxy) is 4. The maximum Gasteiger partial charge on any atom is 0.325 e. The highest BCUT2D eigenvalue weighted by Gasteiger charge is 2.40. The van der Waals surface area contributed by atoms with Crippen molar-refractivity contribution in [3.63, 3.8) is 0 Å². The summed E-state index contributed by atoms with van der Waals surface area (Å²) in [6.07, 6.45) is 1.57. The van der Waals surface area contributed by atoms with Gasteiger partial charge in [0.15, 0.2) is 16.6 Å². The molecular weight excluding hydrogens is 566 g/mol. The highest BCUT2D eigenvalue weighted by atomic mass is 35.5. The van der Waals surface area contributed by atoms with E-state index in [0.29, 0.717) is 46.2 Å². The number of nitriles is 1. The first-order valence-electron chi connectivity index (χ1n) is 12.5. The summed E-state index contributed by atoms with van der Waals surface area (Å²) in [5.74, 6) is 0.248. The lowest BCUT2D eigenvalue weighted by Crippen LogP contribution is -2.35. The van der Waals surface area contributed by atoms with Crippen LogP contribution >= 0.6 is 23.8 Å². The molecule has 3 aromatic carbocycles. The lowest BCUT2D eigenvalue weighted by molar-refractivity contribution is -0.140. The van der Waals surface area contributed by atoms with Crippen molar-refractivity contribution in [3.8, 4) is 23.3 Å². The summed E-state index contributed by atoms with van der Waals surface area (Å²) in [4.78, 5) is 28.7. The van der Waals surface area contributed by atoms with Gasteiger partial charge in [0.2, 0.25) is 0 Å². The number of esters is 1. The van der Waals surface area contributed by atoms with Crippen molar-refractivity contribution < 1.29 is 28.5 Å². The minimum atomic E-state index is -0.572. The smallest absolute Gasteiger partial charge is 0.325 e. The zero-order chi connectivity index (χ0) is 29.5. The van der Waals surface area contributed by atoms with Gasteiger partial charge in [-0.15, -0.1) is 0 Å². The number of hydrogen-bond acceptors (Lipinski definition) is 8. The Labute approximate surface area is 248 Å². The summed E-state index contributed by atoms with van der Waals surface area (Å²) in [5, 5.41) is 9.73. The first-order valence-corrected chi connectivity index (χ1v) is 13.3. The number of nitrogens with zero attached hydrogens (tertiary/aromatic N) is 3. The normalized spacial score (nSPS) is 13.8. The van der Waals surface area contributed by atoms with E-state index in [2.05, 4.69) is 6.07 Å². The molecule has 0 spiro atoms. The molecule has 1 fully saturated rings. The van der Waals surface area contributed by atoms with Crippen molar-refractivity contribution in [2.45, 2.75) is 13.5 Å². The van der Waals surface area contributed by atoms with E-state index in [1.54, 1.807) is 67.8 Å². The average molecular weight is 592 g/mol. The first kappa shape index (κ1) is 29.4. The molecule has 0 saturated carbocycles. The van der Waals surface area contributed by atoms with Gasteiger partial charge in [-0.2, -0.15) is 5.26 Å².